The van der Waals surface area contributed by atoms with Crippen LogP contribution in [0, 0.1) is 0 Å². The van der Waals surface area contributed by atoms with Crippen molar-refractivity contribution in [2.24, 2.45) is 0 Å². The molecule has 2 rings (SSSR count). The Hall–Kier alpha value is -1.43. The minimum absolute atomic E-state index is 0.0872. The van der Waals surface area contributed by atoms with Crippen molar-refractivity contribution >= 4 is 49.6 Å². The summed E-state index contributed by atoms with van der Waals surface area (Å²) in [7, 11) is -3.50. The van der Waals surface area contributed by atoms with Gasteiger partial charge in [-0.15, -0.1) is 5.10 Å². The summed E-state index contributed by atoms with van der Waals surface area (Å²) in [6.07, 6.45) is 3.80. The largest absolute Gasteiger partial charge is 0.292 e. The molecule has 0 aliphatic heterocycles. The first-order valence-corrected chi connectivity index (χ1v) is 12.1. The highest BCUT2D eigenvalue weighted by atomic mass is 79.9. The van der Waals surface area contributed by atoms with Crippen molar-refractivity contribution in [1.29, 1.82) is 0 Å². The van der Waals surface area contributed by atoms with E-state index in [1.54, 1.807) is 16.4 Å². The van der Waals surface area contributed by atoms with Crippen LogP contribution in [-0.2, 0) is 21.4 Å². The molecule has 11 heteroatoms. The average molecular weight is 476 g/mol. The lowest BCUT2D eigenvalue weighted by Crippen LogP contribution is -2.44. The number of hydrogen-bond acceptors (Lipinski definition) is 6. The number of rotatable bonds is 10. The van der Waals surface area contributed by atoms with Crippen LogP contribution in [0.4, 0.5) is 5.95 Å². The molecule has 0 saturated carbocycles. The maximum absolute atomic E-state index is 12.5. The third kappa shape index (κ3) is 7.24. The molecule has 0 aliphatic rings. The summed E-state index contributed by atoms with van der Waals surface area (Å²) in [4.78, 5) is 16.6. The van der Waals surface area contributed by atoms with Crippen LogP contribution in [0.25, 0.3) is 0 Å². The molecule has 1 heterocycles. The average Bonchev–Trinajstić information content (AvgIpc) is 3.07. The smallest absolute Gasteiger partial charge is 0.248 e. The molecule has 27 heavy (non-hydrogen) atoms. The molecule has 2 aromatic rings. The molecule has 1 amide bonds. The zero-order chi connectivity index (χ0) is 19.9. The first kappa shape index (κ1) is 21.9. The van der Waals surface area contributed by atoms with Gasteiger partial charge < -0.3 is 0 Å². The van der Waals surface area contributed by atoms with Crippen molar-refractivity contribution in [3.05, 3.63) is 40.6 Å². The molecule has 1 atom stereocenters. The van der Waals surface area contributed by atoms with E-state index < -0.39 is 22.0 Å². The number of carbonyl (C=O) groups is 1. The molecular formula is C16H22BrN5O3S2. The summed E-state index contributed by atoms with van der Waals surface area (Å²) < 4.78 is 28.7. The van der Waals surface area contributed by atoms with Crippen molar-refractivity contribution in [2.75, 3.05) is 23.1 Å². The van der Waals surface area contributed by atoms with E-state index in [9.17, 15) is 13.2 Å². The van der Waals surface area contributed by atoms with Gasteiger partial charge in [0.05, 0.1) is 12.3 Å². The van der Waals surface area contributed by atoms with Crippen LogP contribution < -0.4 is 10.0 Å². The Balaban J connectivity index is 2.02. The summed E-state index contributed by atoms with van der Waals surface area (Å²) >= 11 is 4.93. The molecule has 0 spiro atoms. The van der Waals surface area contributed by atoms with Gasteiger partial charge in [0.1, 0.15) is 12.4 Å². The number of aromatic nitrogens is 3. The number of thioether (sulfide) groups is 1. The minimum atomic E-state index is -3.50. The first-order valence-electron chi connectivity index (χ1n) is 8.26. The summed E-state index contributed by atoms with van der Waals surface area (Å²) in [5, 5.41) is 6.81. The number of hydrogen-bond donors (Lipinski definition) is 2. The lowest BCUT2D eigenvalue weighted by atomic mass is 10.2. The van der Waals surface area contributed by atoms with Crippen LogP contribution in [-0.4, -0.2) is 52.9 Å². The maximum atomic E-state index is 12.5. The Bertz CT molecular complexity index is 855. The normalized spacial score (nSPS) is 12.7. The molecule has 0 saturated heterocycles. The number of nitrogens with one attached hydrogen (secondary N) is 2. The van der Waals surface area contributed by atoms with E-state index in [4.69, 9.17) is 0 Å². The van der Waals surface area contributed by atoms with Gasteiger partial charge in [-0.3, -0.25) is 10.1 Å². The molecule has 148 valence electrons. The van der Waals surface area contributed by atoms with E-state index in [1.165, 1.54) is 13.3 Å². The maximum Gasteiger partial charge on any atom is 0.248 e. The standard InChI is InChI=1S/C16H22BrN5O3S2/c1-3-27(24,25)21-14(8-9-26-2)15(23)19-16-18-11-22(20-16)10-12-4-6-13(17)7-5-12/h4-7,11,14,21H,3,8-10H2,1-2H3,(H,19,20,23). The van der Waals surface area contributed by atoms with E-state index in [1.807, 2.05) is 30.5 Å². The van der Waals surface area contributed by atoms with Gasteiger partial charge in [-0.25, -0.2) is 22.8 Å². The van der Waals surface area contributed by atoms with Gasteiger partial charge >= 0.3 is 0 Å². The predicted molar refractivity (Wildman–Crippen MR) is 111 cm³/mol. The van der Waals surface area contributed by atoms with Crippen molar-refractivity contribution in [3.8, 4) is 0 Å². The molecule has 0 radical (unpaired) electrons. The van der Waals surface area contributed by atoms with Crippen LogP contribution in [0.1, 0.15) is 18.9 Å². The number of sulfonamides is 1. The van der Waals surface area contributed by atoms with Crippen LogP contribution >= 0.6 is 27.7 Å². The molecule has 8 nitrogen and oxygen atoms in total. The quantitative estimate of drug-likeness (QED) is 0.544. The molecule has 0 fully saturated rings. The molecular weight excluding hydrogens is 454 g/mol. The molecule has 0 aliphatic carbocycles. The lowest BCUT2D eigenvalue weighted by molar-refractivity contribution is -0.117. The second-order valence-electron chi connectivity index (χ2n) is 5.74. The highest BCUT2D eigenvalue weighted by Crippen LogP contribution is 2.12. The highest BCUT2D eigenvalue weighted by molar-refractivity contribution is 9.10. The van der Waals surface area contributed by atoms with Crippen molar-refractivity contribution in [2.45, 2.75) is 25.9 Å². The highest BCUT2D eigenvalue weighted by Gasteiger charge is 2.24. The Morgan fingerprint density at radius 3 is 2.67 bits per heavy atom. The predicted octanol–water partition coefficient (Wildman–Crippen LogP) is 2.09. The topological polar surface area (TPSA) is 106 Å². The zero-order valence-corrected chi connectivity index (χ0v) is 18.3. The SMILES string of the molecule is CCS(=O)(=O)NC(CCSC)C(=O)Nc1ncn(Cc2ccc(Br)cc2)n1. The van der Waals surface area contributed by atoms with Crippen LogP contribution in [0.3, 0.4) is 0 Å². The Labute approximate surface area is 171 Å². The third-order valence-corrected chi connectivity index (χ3v) is 6.23. The fraction of sp³-hybridized carbons (Fsp3) is 0.438. The fourth-order valence-corrected chi connectivity index (χ4v) is 3.74. The summed E-state index contributed by atoms with van der Waals surface area (Å²) in [6, 6.07) is 6.93. The molecule has 1 aromatic carbocycles. The fourth-order valence-electron chi connectivity index (χ4n) is 2.18. The van der Waals surface area contributed by atoms with Gasteiger partial charge in [0.25, 0.3) is 0 Å². The van der Waals surface area contributed by atoms with Crippen molar-refractivity contribution in [1.82, 2.24) is 19.5 Å². The number of carbonyl (C=O) groups excluding carboxylic acids is 1. The molecule has 2 N–H and O–H groups in total. The van der Waals surface area contributed by atoms with E-state index in [2.05, 4.69) is 36.1 Å². The van der Waals surface area contributed by atoms with E-state index in [0.717, 1.165) is 10.0 Å². The van der Waals surface area contributed by atoms with Gasteiger partial charge in [-0.2, -0.15) is 11.8 Å². The van der Waals surface area contributed by atoms with Crippen LogP contribution in [0.5, 0.6) is 0 Å². The van der Waals surface area contributed by atoms with Gasteiger partial charge in [0.15, 0.2) is 0 Å². The van der Waals surface area contributed by atoms with Gasteiger partial charge in [0.2, 0.25) is 21.9 Å². The van der Waals surface area contributed by atoms with Gasteiger partial charge in [0, 0.05) is 4.47 Å². The summed E-state index contributed by atoms with van der Waals surface area (Å²) in [6.45, 7) is 2.03. The number of benzene rings is 1. The van der Waals surface area contributed by atoms with Crippen molar-refractivity contribution < 1.29 is 13.2 Å². The monoisotopic (exact) mass is 475 g/mol. The first-order chi connectivity index (χ1) is 12.8. The lowest BCUT2D eigenvalue weighted by Gasteiger charge is -2.16. The number of amides is 1. The number of halogens is 1. The second-order valence-corrected chi connectivity index (χ2v) is 9.68. The zero-order valence-electron chi connectivity index (χ0n) is 15.1. The van der Waals surface area contributed by atoms with Gasteiger partial charge in [-0.1, -0.05) is 28.1 Å². The Kier molecular flexibility index (Phi) is 8.27. The van der Waals surface area contributed by atoms with E-state index in [-0.39, 0.29) is 11.7 Å². The van der Waals surface area contributed by atoms with Gasteiger partial charge in [-0.05, 0) is 43.0 Å². The third-order valence-electron chi connectivity index (χ3n) is 3.66. The summed E-state index contributed by atoms with van der Waals surface area (Å²) in [5.41, 5.74) is 1.04. The second kappa shape index (κ2) is 10.2. The minimum Gasteiger partial charge on any atom is -0.292 e. The Morgan fingerprint density at radius 2 is 2.04 bits per heavy atom. The van der Waals surface area contributed by atoms with Crippen molar-refractivity contribution in [3.63, 3.8) is 0 Å². The molecule has 1 aromatic heterocycles. The Morgan fingerprint density at radius 1 is 1.33 bits per heavy atom. The molecule has 1 unspecified atom stereocenters. The number of anilines is 1. The van der Waals surface area contributed by atoms with E-state index in [0.29, 0.717) is 18.7 Å². The van der Waals surface area contributed by atoms with E-state index >= 15 is 0 Å². The molecule has 0 bridgehead atoms. The number of nitrogens with zero attached hydrogens (tertiary/aromatic N) is 3. The van der Waals surface area contributed by atoms with Crippen LogP contribution in [0.2, 0.25) is 0 Å². The van der Waals surface area contributed by atoms with Crippen LogP contribution in [0.15, 0.2) is 35.1 Å². The summed E-state index contributed by atoms with van der Waals surface area (Å²) in [5.74, 6) is 0.232.